The highest BCUT2D eigenvalue weighted by atomic mass is 16.5. The molecule has 0 radical (unpaired) electrons. The van der Waals surface area contributed by atoms with E-state index >= 15 is 0 Å². The molecule has 1 aliphatic rings. The van der Waals surface area contributed by atoms with Crippen LogP contribution in [0.1, 0.15) is 13.3 Å². The third kappa shape index (κ3) is 2.65. The highest BCUT2D eigenvalue weighted by Crippen LogP contribution is 2.32. The molecule has 0 bridgehead atoms. The number of nitrogens with zero attached hydrogens (tertiary/aromatic N) is 5. The SMILES string of the molecule is COc1ccc(-n2cnc3c(N4CC[C@@H](C)C4)ncnc32)cc1OC. The fourth-order valence-corrected chi connectivity index (χ4v) is 3.34. The van der Waals surface area contributed by atoms with Crippen molar-refractivity contribution < 1.29 is 9.47 Å². The first kappa shape index (κ1) is 15.7. The topological polar surface area (TPSA) is 65.3 Å². The molecule has 3 aromatic rings. The summed E-state index contributed by atoms with van der Waals surface area (Å²) in [7, 11) is 3.25. The lowest BCUT2D eigenvalue weighted by molar-refractivity contribution is 0.355. The summed E-state index contributed by atoms with van der Waals surface area (Å²) < 4.78 is 12.7. The second-order valence-corrected chi connectivity index (χ2v) is 6.36. The first-order valence-corrected chi connectivity index (χ1v) is 8.36. The zero-order valence-electron chi connectivity index (χ0n) is 14.6. The lowest BCUT2D eigenvalue weighted by atomic mass is 10.2. The van der Waals surface area contributed by atoms with Crippen molar-refractivity contribution in [1.29, 1.82) is 0 Å². The molecule has 0 amide bonds. The average molecular weight is 339 g/mol. The molecule has 1 aromatic carbocycles. The Hall–Kier alpha value is -2.83. The van der Waals surface area contributed by atoms with E-state index in [4.69, 9.17) is 9.47 Å². The van der Waals surface area contributed by atoms with Gasteiger partial charge in [0.25, 0.3) is 0 Å². The molecule has 7 heteroatoms. The van der Waals surface area contributed by atoms with Crippen LogP contribution in [0.15, 0.2) is 30.9 Å². The number of imidazole rings is 1. The van der Waals surface area contributed by atoms with E-state index in [0.29, 0.717) is 17.4 Å². The number of anilines is 1. The third-order valence-corrected chi connectivity index (χ3v) is 4.68. The van der Waals surface area contributed by atoms with E-state index in [-0.39, 0.29) is 0 Å². The minimum absolute atomic E-state index is 0.671. The fraction of sp³-hybridized carbons (Fsp3) is 0.389. The van der Waals surface area contributed by atoms with Gasteiger partial charge < -0.3 is 14.4 Å². The van der Waals surface area contributed by atoms with E-state index < -0.39 is 0 Å². The Balaban J connectivity index is 1.79. The molecule has 0 aliphatic carbocycles. The van der Waals surface area contributed by atoms with E-state index in [2.05, 4.69) is 26.8 Å². The van der Waals surface area contributed by atoms with Gasteiger partial charge >= 0.3 is 0 Å². The van der Waals surface area contributed by atoms with Crippen molar-refractivity contribution in [2.24, 2.45) is 5.92 Å². The summed E-state index contributed by atoms with van der Waals surface area (Å²) in [4.78, 5) is 15.8. The molecule has 1 fully saturated rings. The summed E-state index contributed by atoms with van der Waals surface area (Å²) in [5.74, 6) is 2.95. The second-order valence-electron chi connectivity index (χ2n) is 6.36. The Kier molecular flexibility index (Phi) is 3.91. The van der Waals surface area contributed by atoms with Gasteiger partial charge in [0.1, 0.15) is 12.7 Å². The van der Waals surface area contributed by atoms with Crippen LogP contribution >= 0.6 is 0 Å². The Morgan fingerprint density at radius 1 is 1.08 bits per heavy atom. The molecule has 25 heavy (non-hydrogen) atoms. The third-order valence-electron chi connectivity index (χ3n) is 4.68. The first-order valence-electron chi connectivity index (χ1n) is 8.36. The van der Waals surface area contributed by atoms with Crippen molar-refractivity contribution in [2.75, 3.05) is 32.2 Å². The smallest absolute Gasteiger partial charge is 0.170 e. The highest BCUT2D eigenvalue weighted by Gasteiger charge is 2.23. The lowest BCUT2D eigenvalue weighted by Crippen LogP contribution is -2.20. The molecule has 3 heterocycles. The molecule has 4 rings (SSSR count). The van der Waals surface area contributed by atoms with Crippen LogP contribution in [0.2, 0.25) is 0 Å². The summed E-state index contributed by atoms with van der Waals surface area (Å²) >= 11 is 0. The number of aromatic nitrogens is 4. The van der Waals surface area contributed by atoms with Gasteiger partial charge in [0, 0.05) is 19.2 Å². The lowest BCUT2D eigenvalue weighted by Gasteiger charge is -2.16. The molecular formula is C18H21N5O2. The van der Waals surface area contributed by atoms with E-state index in [1.165, 1.54) is 6.42 Å². The van der Waals surface area contributed by atoms with Crippen molar-refractivity contribution in [2.45, 2.75) is 13.3 Å². The molecule has 1 saturated heterocycles. The summed E-state index contributed by atoms with van der Waals surface area (Å²) in [6.07, 6.45) is 4.57. The number of hydrogen-bond donors (Lipinski definition) is 0. The predicted octanol–water partition coefficient (Wildman–Crippen LogP) is 2.68. The average Bonchev–Trinajstić information content (AvgIpc) is 3.27. The van der Waals surface area contributed by atoms with Crippen molar-refractivity contribution in [1.82, 2.24) is 19.5 Å². The van der Waals surface area contributed by atoms with E-state index in [1.807, 2.05) is 22.8 Å². The minimum atomic E-state index is 0.671. The Bertz CT molecular complexity index is 908. The van der Waals surface area contributed by atoms with Crippen molar-refractivity contribution in [3.8, 4) is 17.2 Å². The van der Waals surface area contributed by atoms with Gasteiger partial charge in [0.2, 0.25) is 0 Å². The molecule has 0 saturated carbocycles. The summed E-state index contributed by atoms with van der Waals surface area (Å²) in [6, 6.07) is 5.76. The largest absolute Gasteiger partial charge is 0.493 e. The maximum atomic E-state index is 5.40. The van der Waals surface area contributed by atoms with Gasteiger partial charge in [-0.05, 0) is 24.5 Å². The number of benzene rings is 1. The Labute approximate surface area is 146 Å². The number of hydrogen-bond acceptors (Lipinski definition) is 6. The number of fused-ring (bicyclic) bond motifs is 1. The monoisotopic (exact) mass is 339 g/mol. The van der Waals surface area contributed by atoms with Gasteiger partial charge in [0.15, 0.2) is 28.5 Å². The van der Waals surface area contributed by atoms with Crippen LogP contribution in [0.25, 0.3) is 16.9 Å². The summed E-state index contributed by atoms with van der Waals surface area (Å²) in [5.41, 5.74) is 2.53. The summed E-state index contributed by atoms with van der Waals surface area (Å²) in [5, 5.41) is 0. The number of ether oxygens (including phenoxy) is 2. The molecule has 1 aliphatic heterocycles. The van der Waals surface area contributed by atoms with Crippen LogP contribution in [0.3, 0.4) is 0 Å². The summed E-state index contributed by atoms with van der Waals surface area (Å²) in [6.45, 7) is 4.28. The van der Waals surface area contributed by atoms with Crippen LogP contribution in [-0.4, -0.2) is 46.8 Å². The van der Waals surface area contributed by atoms with E-state index in [0.717, 1.165) is 35.8 Å². The Morgan fingerprint density at radius 3 is 2.64 bits per heavy atom. The van der Waals surface area contributed by atoms with E-state index in [1.54, 1.807) is 26.9 Å². The molecule has 7 nitrogen and oxygen atoms in total. The van der Waals surface area contributed by atoms with Gasteiger partial charge in [-0.25, -0.2) is 15.0 Å². The molecule has 2 aromatic heterocycles. The van der Waals surface area contributed by atoms with Gasteiger partial charge in [-0.15, -0.1) is 0 Å². The van der Waals surface area contributed by atoms with Gasteiger partial charge in [-0.2, -0.15) is 0 Å². The quantitative estimate of drug-likeness (QED) is 0.728. The molecule has 0 unspecified atom stereocenters. The highest BCUT2D eigenvalue weighted by molar-refractivity contribution is 5.84. The van der Waals surface area contributed by atoms with Crippen LogP contribution in [0.5, 0.6) is 11.5 Å². The molecule has 1 atom stereocenters. The van der Waals surface area contributed by atoms with Gasteiger partial charge in [-0.1, -0.05) is 6.92 Å². The predicted molar refractivity (Wildman–Crippen MR) is 95.8 cm³/mol. The standard InChI is InChI=1S/C18H21N5O2/c1-12-6-7-22(9-12)17-16-18(20-10-19-17)23(11-21-16)13-4-5-14(24-2)15(8-13)25-3/h4-5,8,10-12H,6-7,9H2,1-3H3/t12-/m1/s1. The molecular weight excluding hydrogens is 318 g/mol. The second kappa shape index (κ2) is 6.23. The Morgan fingerprint density at radius 2 is 1.92 bits per heavy atom. The first-order chi connectivity index (χ1) is 12.2. The zero-order chi connectivity index (χ0) is 17.4. The van der Waals surface area contributed by atoms with E-state index in [9.17, 15) is 0 Å². The number of methoxy groups -OCH3 is 2. The molecule has 0 spiro atoms. The normalized spacial score (nSPS) is 17.2. The van der Waals surface area contributed by atoms with Crippen molar-refractivity contribution in [3.63, 3.8) is 0 Å². The van der Waals surface area contributed by atoms with Crippen LogP contribution in [0.4, 0.5) is 5.82 Å². The fourth-order valence-electron chi connectivity index (χ4n) is 3.34. The zero-order valence-corrected chi connectivity index (χ0v) is 14.6. The number of rotatable bonds is 4. The van der Waals surface area contributed by atoms with Crippen LogP contribution in [-0.2, 0) is 0 Å². The van der Waals surface area contributed by atoms with Gasteiger partial charge in [-0.3, -0.25) is 4.57 Å². The maximum Gasteiger partial charge on any atom is 0.170 e. The van der Waals surface area contributed by atoms with Crippen molar-refractivity contribution in [3.05, 3.63) is 30.9 Å². The minimum Gasteiger partial charge on any atom is -0.493 e. The van der Waals surface area contributed by atoms with Crippen LogP contribution in [0, 0.1) is 5.92 Å². The van der Waals surface area contributed by atoms with Crippen LogP contribution < -0.4 is 14.4 Å². The van der Waals surface area contributed by atoms with Crippen molar-refractivity contribution >= 4 is 17.0 Å². The molecule has 130 valence electrons. The maximum absolute atomic E-state index is 5.40. The molecule has 0 N–H and O–H groups in total. The van der Waals surface area contributed by atoms with Gasteiger partial charge in [0.05, 0.1) is 19.9 Å².